The van der Waals surface area contributed by atoms with Crippen molar-refractivity contribution in [2.75, 3.05) is 4.90 Å². The Morgan fingerprint density at radius 1 is 1.04 bits per heavy atom. The second kappa shape index (κ2) is 6.53. The van der Waals surface area contributed by atoms with E-state index in [1.54, 1.807) is 9.58 Å². The van der Waals surface area contributed by atoms with Crippen LogP contribution in [-0.2, 0) is 13.6 Å². The van der Waals surface area contributed by atoms with Gasteiger partial charge in [0.1, 0.15) is 0 Å². The van der Waals surface area contributed by atoms with Gasteiger partial charge in [0.25, 0.3) is 5.91 Å². The van der Waals surface area contributed by atoms with Gasteiger partial charge in [0, 0.05) is 55.4 Å². The summed E-state index contributed by atoms with van der Waals surface area (Å²) in [6, 6.07) is 15.8. The van der Waals surface area contributed by atoms with E-state index in [1.807, 2.05) is 68.1 Å². The fourth-order valence-electron chi connectivity index (χ4n) is 3.76. The summed E-state index contributed by atoms with van der Waals surface area (Å²) in [4.78, 5) is 17.4. The fraction of sp³-hybridized carbons (Fsp3) is 0.130. The number of nitrogens with zero attached hydrogens (tertiary/aromatic N) is 4. The summed E-state index contributed by atoms with van der Waals surface area (Å²) >= 11 is 0. The molecule has 0 atom stereocenters. The highest BCUT2D eigenvalue weighted by molar-refractivity contribution is 6.08. The number of fused-ring (bicyclic) bond motifs is 2. The topological polar surface area (TPSA) is 41.4 Å². The predicted octanol–water partition coefficient (Wildman–Crippen LogP) is 4.31. The molecule has 5 heteroatoms. The second-order valence-corrected chi connectivity index (χ2v) is 7.12. The minimum absolute atomic E-state index is 0.0218. The van der Waals surface area contributed by atoms with E-state index < -0.39 is 0 Å². The van der Waals surface area contributed by atoms with Crippen LogP contribution in [0.15, 0.2) is 85.1 Å². The number of allylic oxidation sites excluding steroid dienone is 1. The third-order valence-corrected chi connectivity index (χ3v) is 5.24. The molecule has 1 aromatic heterocycles. The average Bonchev–Trinajstić information content (AvgIpc) is 3.32. The number of carbonyl (C=O) groups excluding carboxylic acids is 1. The number of rotatable bonds is 2. The maximum Gasteiger partial charge on any atom is 0.262 e. The fourth-order valence-corrected chi connectivity index (χ4v) is 3.76. The summed E-state index contributed by atoms with van der Waals surface area (Å²) in [6.45, 7) is 0.780. The summed E-state index contributed by atoms with van der Waals surface area (Å²) in [5.41, 5.74) is 5.97. The van der Waals surface area contributed by atoms with Gasteiger partial charge in [0.2, 0.25) is 0 Å². The van der Waals surface area contributed by atoms with Crippen molar-refractivity contribution in [3.63, 3.8) is 0 Å². The monoisotopic (exact) mass is 368 g/mol. The average molecular weight is 368 g/mol. The quantitative estimate of drug-likeness (QED) is 0.677. The van der Waals surface area contributed by atoms with Crippen molar-refractivity contribution < 1.29 is 4.79 Å². The molecule has 5 rings (SSSR count). The number of amides is 1. The number of aryl methyl sites for hydroxylation is 1. The molecule has 0 unspecified atom stereocenters. The van der Waals surface area contributed by atoms with Gasteiger partial charge in [-0.05, 0) is 29.3 Å². The molecule has 0 radical (unpaired) electrons. The Balaban J connectivity index is 1.51. The molecule has 2 aromatic carbocycles. The smallest absolute Gasteiger partial charge is 0.262 e. The molecule has 2 aliphatic heterocycles. The van der Waals surface area contributed by atoms with Crippen LogP contribution in [0.5, 0.6) is 0 Å². The SMILES string of the molecule is Cn1cc(-c2ccc(C(=O)N3C=C4CC=CN4Cc4ccccc43)cc2)cn1. The van der Waals surface area contributed by atoms with Crippen molar-refractivity contribution in [2.24, 2.45) is 7.05 Å². The van der Waals surface area contributed by atoms with E-state index in [4.69, 9.17) is 0 Å². The molecule has 0 fully saturated rings. The number of anilines is 1. The Morgan fingerprint density at radius 3 is 2.64 bits per heavy atom. The number of carbonyl (C=O) groups is 1. The molecule has 0 N–H and O–H groups in total. The molecule has 0 saturated carbocycles. The van der Waals surface area contributed by atoms with Gasteiger partial charge >= 0.3 is 0 Å². The minimum Gasteiger partial charge on any atom is -0.346 e. The van der Waals surface area contributed by atoms with E-state index in [2.05, 4.69) is 28.3 Å². The van der Waals surface area contributed by atoms with Crippen LogP contribution in [0.4, 0.5) is 5.69 Å². The molecule has 28 heavy (non-hydrogen) atoms. The summed E-state index contributed by atoms with van der Waals surface area (Å²) in [5.74, 6) is -0.0218. The van der Waals surface area contributed by atoms with Crippen LogP contribution in [0, 0.1) is 0 Å². The zero-order chi connectivity index (χ0) is 19.1. The normalized spacial score (nSPS) is 15.1. The summed E-state index contributed by atoms with van der Waals surface area (Å²) in [7, 11) is 1.90. The second-order valence-electron chi connectivity index (χ2n) is 7.12. The van der Waals surface area contributed by atoms with Crippen LogP contribution in [0.25, 0.3) is 11.1 Å². The van der Waals surface area contributed by atoms with Crippen LogP contribution >= 0.6 is 0 Å². The lowest BCUT2D eigenvalue weighted by Gasteiger charge is -2.20. The first-order valence-electron chi connectivity index (χ1n) is 9.33. The Bertz CT molecular complexity index is 1110. The molecule has 138 valence electrons. The lowest BCUT2D eigenvalue weighted by atomic mass is 10.1. The van der Waals surface area contributed by atoms with E-state index in [1.165, 1.54) is 0 Å². The first-order valence-corrected chi connectivity index (χ1v) is 9.33. The van der Waals surface area contributed by atoms with Crippen molar-refractivity contribution in [1.29, 1.82) is 0 Å². The van der Waals surface area contributed by atoms with Crippen LogP contribution in [0.2, 0.25) is 0 Å². The molecule has 2 aliphatic rings. The highest BCUT2D eigenvalue weighted by atomic mass is 16.2. The molecule has 3 aromatic rings. The highest BCUT2D eigenvalue weighted by Gasteiger charge is 2.25. The first kappa shape index (κ1) is 16.6. The van der Waals surface area contributed by atoms with Gasteiger partial charge in [-0.25, -0.2) is 0 Å². The van der Waals surface area contributed by atoms with E-state index in [9.17, 15) is 4.79 Å². The number of benzene rings is 2. The molecular formula is C23H20N4O. The summed E-state index contributed by atoms with van der Waals surface area (Å²) in [5, 5.41) is 4.21. The Morgan fingerprint density at radius 2 is 1.86 bits per heavy atom. The van der Waals surface area contributed by atoms with Crippen LogP contribution in [-0.4, -0.2) is 20.6 Å². The molecular weight excluding hydrogens is 348 g/mol. The van der Waals surface area contributed by atoms with Gasteiger partial charge in [-0.3, -0.25) is 14.4 Å². The van der Waals surface area contributed by atoms with E-state index in [0.717, 1.165) is 41.0 Å². The summed E-state index contributed by atoms with van der Waals surface area (Å²) < 4.78 is 1.77. The zero-order valence-electron chi connectivity index (χ0n) is 15.6. The number of aromatic nitrogens is 2. The van der Waals surface area contributed by atoms with Gasteiger partial charge in [0.05, 0.1) is 11.9 Å². The van der Waals surface area contributed by atoms with Crippen LogP contribution in [0.3, 0.4) is 0 Å². The van der Waals surface area contributed by atoms with Crippen molar-refractivity contribution >= 4 is 11.6 Å². The maximum atomic E-state index is 13.4. The van der Waals surface area contributed by atoms with Crippen LogP contribution in [0.1, 0.15) is 22.3 Å². The van der Waals surface area contributed by atoms with Gasteiger partial charge < -0.3 is 4.90 Å². The van der Waals surface area contributed by atoms with E-state index in [0.29, 0.717) is 5.56 Å². The number of para-hydroxylation sites is 1. The number of hydrogen-bond donors (Lipinski definition) is 0. The predicted molar refractivity (Wildman–Crippen MR) is 109 cm³/mol. The Labute approximate surface area is 163 Å². The van der Waals surface area contributed by atoms with Crippen molar-refractivity contribution in [3.05, 3.63) is 96.2 Å². The molecule has 0 aliphatic carbocycles. The largest absolute Gasteiger partial charge is 0.346 e. The lowest BCUT2D eigenvalue weighted by Crippen LogP contribution is -2.26. The van der Waals surface area contributed by atoms with Crippen molar-refractivity contribution in [1.82, 2.24) is 14.7 Å². The molecule has 1 amide bonds. The van der Waals surface area contributed by atoms with Crippen molar-refractivity contribution in [3.8, 4) is 11.1 Å². The molecule has 0 bridgehead atoms. The third kappa shape index (κ3) is 2.81. The maximum absolute atomic E-state index is 13.4. The minimum atomic E-state index is -0.0218. The molecule has 0 saturated heterocycles. The zero-order valence-corrected chi connectivity index (χ0v) is 15.6. The van der Waals surface area contributed by atoms with Crippen LogP contribution < -0.4 is 4.90 Å². The van der Waals surface area contributed by atoms with Gasteiger partial charge in [-0.15, -0.1) is 0 Å². The van der Waals surface area contributed by atoms with Gasteiger partial charge in [-0.2, -0.15) is 5.10 Å². The molecule has 5 nitrogen and oxygen atoms in total. The lowest BCUT2D eigenvalue weighted by molar-refractivity contribution is 0.0997. The van der Waals surface area contributed by atoms with E-state index in [-0.39, 0.29) is 5.91 Å². The first-order chi connectivity index (χ1) is 13.7. The van der Waals surface area contributed by atoms with Crippen molar-refractivity contribution in [2.45, 2.75) is 13.0 Å². The Kier molecular flexibility index (Phi) is 3.86. The highest BCUT2D eigenvalue weighted by Crippen LogP contribution is 2.33. The van der Waals surface area contributed by atoms with E-state index >= 15 is 0 Å². The molecule has 0 spiro atoms. The Hall–Kier alpha value is -3.60. The van der Waals surface area contributed by atoms with Gasteiger partial charge in [-0.1, -0.05) is 36.4 Å². The summed E-state index contributed by atoms with van der Waals surface area (Å²) in [6.07, 6.45) is 10.8. The standard InChI is InChI=1S/C23H20N4O/c1-25-14-20(13-24-25)17-8-10-18(11-9-17)23(28)27-16-21-6-4-12-26(21)15-19-5-2-3-7-22(19)27/h2-5,7-14,16H,6,15H2,1H3. The molecule has 3 heterocycles. The van der Waals surface area contributed by atoms with Gasteiger partial charge in [0.15, 0.2) is 0 Å². The third-order valence-electron chi connectivity index (χ3n) is 5.24. The number of hydrogen-bond acceptors (Lipinski definition) is 3.